The molecule has 6 nitrogen and oxygen atoms in total. The fourth-order valence-electron chi connectivity index (χ4n) is 3.68. The van der Waals surface area contributed by atoms with E-state index in [2.05, 4.69) is 11.4 Å². The predicted molar refractivity (Wildman–Crippen MR) is 99.2 cm³/mol. The fraction of sp³-hybridized carbons (Fsp3) is 0.350. The van der Waals surface area contributed by atoms with E-state index < -0.39 is 11.9 Å². The largest absolute Gasteiger partial charge is 0.489 e. The van der Waals surface area contributed by atoms with Crippen molar-refractivity contribution in [2.45, 2.75) is 38.3 Å². The van der Waals surface area contributed by atoms with Crippen LogP contribution in [0.3, 0.4) is 0 Å². The quantitative estimate of drug-likeness (QED) is 0.807. The molecule has 0 saturated carbocycles. The maximum atomic E-state index is 12.8. The molecule has 27 heavy (non-hydrogen) atoms. The van der Waals surface area contributed by atoms with Gasteiger partial charge in [-0.1, -0.05) is 23.7 Å². The van der Waals surface area contributed by atoms with Crippen molar-refractivity contribution >= 4 is 29.3 Å². The molecule has 1 saturated heterocycles. The number of halogens is 1. The first kappa shape index (κ1) is 17.8. The first-order valence-corrected chi connectivity index (χ1v) is 9.35. The lowest BCUT2D eigenvalue weighted by molar-refractivity contribution is -0.136. The first-order valence-electron chi connectivity index (χ1n) is 8.97. The van der Waals surface area contributed by atoms with Crippen molar-refractivity contribution in [2.24, 2.45) is 0 Å². The van der Waals surface area contributed by atoms with Gasteiger partial charge in [-0.2, -0.15) is 0 Å². The van der Waals surface area contributed by atoms with Crippen LogP contribution in [0, 0.1) is 0 Å². The number of fused-ring (bicyclic) bond motifs is 1. The van der Waals surface area contributed by atoms with E-state index in [1.54, 1.807) is 12.1 Å². The van der Waals surface area contributed by atoms with Crippen molar-refractivity contribution in [1.29, 1.82) is 0 Å². The summed E-state index contributed by atoms with van der Waals surface area (Å²) >= 11 is 6.09. The number of carbonyl (C=O) groups is 3. The van der Waals surface area contributed by atoms with Crippen LogP contribution in [0.25, 0.3) is 0 Å². The highest BCUT2D eigenvalue weighted by Gasteiger charge is 2.40. The third kappa shape index (κ3) is 3.49. The Morgan fingerprint density at radius 1 is 1.22 bits per heavy atom. The Labute approximate surface area is 161 Å². The Bertz CT molecular complexity index is 890. The van der Waals surface area contributed by atoms with Crippen molar-refractivity contribution in [3.63, 3.8) is 0 Å². The van der Waals surface area contributed by atoms with E-state index in [0.29, 0.717) is 30.9 Å². The summed E-state index contributed by atoms with van der Waals surface area (Å²) in [6.45, 7) is 0.672. The van der Waals surface area contributed by atoms with Crippen molar-refractivity contribution in [3.05, 3.63) is 52.1 Å². The van der Waals surface area contributed by atoms with Gasteiger partial charge in [-0.25, -0.2) is 0 Å². The smallest absolute Gasteiger partial charge is 0.255 e. The minimum absolute atomic E-state index is 0.204. The van der Waals surface area contributed by atoms with Crippen LogP contribution in [0.2, 0.25) is 0 Å². The maximum absolute atomic E-state index is 12.8. The van der Waals surface area contributed by atoms with Crippen LogP contribution in [0.15, 0.2) is 41.0 Å². The number of piperidine rings is 1. The van der Waals surface area contributed by atoms with Gasteiger partial charge >= 0.3 is 0 Å². The molecule has 1 aromatic rings. The summed E-state index contributed by atoms with van der Waals surface area (Å²) < 4.78 is 5.96. The SMILES string of the molecule is O=C1CCC(N2Cc3c(OCC4=CCCC(Cl)=C4)cccc3C2=O)C(=O)N1. The number of imide groups is 1. The van der Waals surface area contributed by atoms with E-state index in [0.717, 1.165) is 29.0 Å². The molecule has 0 radical (unpaired) electrons. The van der Waals surface area contributed by atoms with E-state index in [9.17, 15) is 14.4 Å². The van der Waals surface area contributed by atoms with Gasteiger partial charge in [0.1, 0.15) is 18.4 Å². The number of allylic oxidation sites excluding steroid dienone is 2. The summed E-state index contributed by atoms with van der Waals surface area (Å²) in [6.07, 6.45) is 6.33. The van der Waals surface area contributed by atoms with Gasteiger partial charge in [0.05, 0.1) is 6.54 Å². The average Bonchev–Trinajstić information content (AvgIpc) is 2.97. The third-order valence-corrected chi connectivity index (χ3v) is 5.36. The Morgan fingerprint density at radius 3 is 2.85 bits per heavy atom. The molecule has 2 aliphatic heterocycles. The molecule has 3 aliphatic rings. The number of rotatable bonds is 4. The summed E-state index contributed by atoms with van der Waals surface area (Å²) in [6, 6.07) is 4.72. The third-order valence-electron chi connectivity index (χ3n) is 5.07. The zero-order valence-corrected chi connectivity index (χ0v) is 15.4. The van der Waals surface area contributed by atoms with Gasteiger partial charge in [0, 0.05) is 22.6 Å². The van der Waals surface area contributed by atoms with Gasteiger partial charge in [-0.3, -0.25) is 19.7 Å². The molecule has 0 aromatic heterocycles. The number of hydrogen-bond donors (Lipinski definition) is 1. The molecule has 1 aromatic carbocycles. The van der Waals surface area contributed by atoms with Crippen LogP contribution in [0.1, 0.15) is 41.6 Å². The van der Waals surface area contributed by atoms with E-state index in [1.165, 1.54) is 4.90 Å². The summed E-state index contributed by atoms with van der Waals surface area (Å²) in [4.78, 5) is 37.8. The molecule has 2 heterocycles. The van der Waals surface area contributed by atoms with Crippen LogP contribution in [-0.2, 0) is 16.1 Å². The van der Waals surface area contributed by atoms with Gasteiger partial charge in [0.25, 0.3) is 5.91 Å². The van der Waals surface area contributed by atoms with Crippen molar-refractivity contribution < 1.29 is 19.1 Å². The van der Waals surface area contributed by atoms with Crippen molar-refractivity contribution in [3.8, 4) is 5.75 Å². The fourth-order valence-corrected chi connectivity index (χ4v) is 3.93. The lowest BCUT2D eigenvalue weighted by atomic mass is 10.0. The van der Waals surface area contributed by atoms with E-state index in [1.807, 2.05) is 12.1 Å². The second-order valence-corrected chi connectivity index (χ2v) is 7.37. The second-order valence-electron chi connectivity index (χ2n) is 6.88. The van der Waals surface area contributed by atoms with Gasteiger partial charge in [0.2, 0.25) is 11.8 Å². The molecule has 3 amide bonds. The molecular weight excluding hydrogens is 368 g/mol. The van der Waals surface area contributed by atoms with Gasteiger partial charge in [-0.15, -0.1) is 0 Å². The zero-order valence-electron chi connectivity index (χ0n) is 14.7. The van der Waals surface area contributed by atoms with Crippen molar-refractivity contribution in [1.82, 2.24) is 10.2 Å². The molecule has 0 spiro atoms. The summed E-state index contributed by atoms with van der Waals surface area (Å²) in [5.41, 5.74) is 2.33. The topological polar surface area (TPSA) is 75.7 Å². The number of carbonyl (C=O) groups excluding carboxylic acids is 3. The standard InChI is InChI=1S/C20H19ClN2O4/c21-13-4-1-3-12(9-13)11-27-17-6-2-5-14-15(17)10-23(20(14)26)16-7-8-18(24)22-19(16)25/h2-3,5-6,9,16H,1,4,7-8,10-11H2,(H,22,24,25). The maximum Gasteiger partial charge on any atom is 0.255 e. The summed E-state index contributed by atoms with van der Waals surface area (Å²) in [7, 11) is 0. The first-order chi connectivity index (χ1) is 13.0. The highest BCUT2D eigenvalue weighted by Crippen LogP contribution is 2.34. The molecule has 1 fully saturated rings. The summed E-state index contributed by atoms with van der Waals surface area (Å²) in [5, 5.41) is 3.12. The summed E-state index contributed by atoms with van der Waals surface area (Å²) in [5.74, 6) is -0.282. The Kier molecular flexibility index (Phi) is 4.74. The Morgan fingerprint density at radius 2 is 2.07 bits per heavy atom. The average molecular weight is 387 g/mol. The van der Waals surface area contributed by atoms with Gasteiger partial charge in [0.15, 0.2) is 0 Å². The van der Waals surface area contributed by atoms with Crippen LogP contribution in [-0.4, -0.2) is 35.3 Å². The van der Waals surface area contributed by atoms with Gasteiger partial charge in [-0.05, 0) is 43.0 Å². The van der Waals surface area contributed by atoms with E-state index in [-0.39, 0.29) is 18.2 Å². The molecular formula is C20H19ClN2O4. The number of nitrogens with one attached hydrogen (secondary N) is 1. The number of amides is 3. The molecule has 0 bridgehead atoms. The number of benzene rings is 1. The zero-order chi connectivity index (χ0) is 19.0. The number of ether oxygens (including phenoxy) is 1. The highest BCUT2D eigenvalue weighted by atomic mass is 35.5. The van der Waals surface area contributed by atoms with Crippen LogP contribution in [0.4, 0.5) is 0 Å². The minimum Gasteiger partial charge on any atom is -0.489 e. The normalized spacial score (nSPS) is 22.2. The van der Waals surface area contributed by atoms with Crippen molar-refractivity contribution in [2.75, 3.05) is 6.61 Å². The number of nitrogens with zero attached hydrogens (tertiary/aromatic N) is 1. The van der Waals surface area contributed by atoms with Gasteiger partial charge < -0.3 is 9.64 Å². The van der Waals surface area contributed by atoms with Crippen LogP contribution < -0.4 is 10.1 Å². The second kappa shape index (κ2) is 7.19. The highest BCUT2D eigenvalue weighted by molar-refractivity contribution is 6.29. The molecule has 140 valence electrons. The lowest BCUT2D eigenvalue weighted by Gasteiger charge is -2.29. The van der Waals surface area contributed by atoms with Crippen LogP contribution in [0.5, 0.6) is 5.75 Å². The molecule has 4 rings (SSSR count). The molecule has 1 aliphatic carbocycles. The Balaban J connectivity index is 1.52. The minimum atomic E-state index is -0.627. The number of hydrogen-bond acceptors (Lipinski definition) is 4. The van der Waals surface area contributed by atoms with E-state index in [4.69, 9.17) is 16.3 Å². The molecule has 1 unspecified atom stereocenters. The molecule has 1 N–H and O–H groups in total. The van der Waals surface area contributed by atoms with Crippen LogP contribution >= 0.6 is 11.6 Å². The molecule has 7 heteroatoms. The Hall–Kier alpha value is -2.60. The monoisotopic (exact) mass is 386 g/mol. The predicted octanol–water partition coefficient (Wildman–Crippen LogP) is 2.67. The molecule has 1 atom stereocenters. The lowest BCUT2D eigenvalue weighted by Crippen LogP contribution is -2.52. The van der Waals surface area contributed by atoms with E-state index >= 15 is 0 Å².